The number of aromatic nitrogens is 4. The lowest BCUT2D eigenvalue weighted by molar-refractivity contribution is -0.137. The Morgan fingerprint density at radius 3 is 2.47 bits per heavy atom. The summed E-state index contributed by atoms with van der Waals surface area (Å²) in [6, 6.07) is 9.78. The van der Waals surface area contributed by atoms with Crippen molar-refractivity contribution in [2.45, 2.75) is 6.18 Å². The Hall–Kier alpha value is -3.82. The minimum Gasteiger partial charge on any atom is -0.383 e. The number of benzene rings is 2. The molecule has 0 aliphatic heterocycles. The van der Waals surface area contributed by atoms with Crippen LogP contribution in [0.25, 0.3) is 28.2 Å². The number of nitrogen functional groups attached to an aromatic ring is 1. The summed E-state index contributed by atoms with van der Waals surface area (Å²) in [7, 11) is 0. The third-order valence-corrected chi connectivity index (χ3v) is 4.42. The van der Waals surface area contributed by atoms with Crippen molar-refractivity contribution in [1.29, 1.82) is 0 Å². The molecule has 0 amide bonds. The van der Waals surface area contributed by atoms with E-state index in [-0.39, 0.29) is 28.5 Å². The van der Waals surface area contributed by atoms with Crippen LogP contribution in [-0.4, -0.2) is 19.7 Å². The number of rotatable bonds is 3. The first kappa shape index (κ1) is 19.5. The summed E-state index contributed by atoms with van der Waals surface area (Å²) >= 11 is 0. The lowest BCUT2D eigenvalue weighted by Crippen LogP contribution is -2.05. The second-order valence-electron chi connectivity index (χ2n) is 6.33. The average molecular weight is 417 g/mol. The molecule has 0 saturated carbocycles. The summed E-state index contributed by atoms with van der Waals surface area (Å²) in [4.78, 5) is 4.03. The summed E-state index contributed by atoms with van der Waals surface area (Å²) in [6.45, 7) is 0. The molecule has 0 aliphatic rings. The van der Waals surface area contributed by atoms with E-state index in [0.717, 1.165) is 18.2 Å². The molecule has 0 atom stereocenters. The van der Waals surface area contributed by atoms with Crippen LogP contribution >= 0.6 is 0 Å². The predicted octanol–water partition coefficient (Wildman–Crippen LogP) is 4.88. The van der Waals surface area contributed by atoms with Gasteiger partial charge in [-0.15, -0.1) is 10.2 Å². The van der Waals surface area contributed by atoms with Gasteiger partial charge in [0, 0.05) is 11.8 Å². The van der Waals surface area contributed by atoms with Crippen LogP contribution in [0.4, 0.5) is 27.8 Å². The van der Waals surface area contributed by atoms with Gasteiger partial charge in [0.2, 0.25) is 0 Å². The number of hydrogen-bond donors (Lipinski definition) is 1. The van der Waals surface area contributed by atoms with Crippen molar-refractivity contribution < 1.29 is 22.0 Å². The lowest BCUT2D eigenvalue weighted by atomic mass is 10.0. The van der Waals surface area contributed by atoms with Crippen LogP contribution in [0.3, 0.4) is 0 Å². The zero-order valence-electron chi connectivity index (χ0n) is 15.0. The Morgan fingerprint density at radius 1 is 0.933 bits per heavy atom. The molecule has 2 aromatic heterocycles. The molecule has 5 nitrogen and oxygen atoms in total. The monoisotopic (exact) mass is 417 g/mol. The Morgan fingerprint density at radius 2 is 1.70 bits per heavy atom. The highest BCUT2D eigenvalue weighted by molar-refractivity contribution is 5.77. The largest absolute Gasteiger partial charge is 0.416 e. The Balaban J connectivity index is 1.84. The molecular weight excluding hydrogens is 405 g/mol. The highest BCUT2D eigenvalue weighted by Gasteiger charge is 2.30. The molecule has 2 aromatic carbocycles. The van der Waals surface area contributed by atoms with Crippen LogP contribution in [-0.2, 0) is 6.18 Å². The van der Waals surface area contributed by atoms with E-state index in [9.17, 15) is 22.0 Å². The van der Waals surface area contributed by atoms with Gasteiger partial charge in [-0.25, -0.2) is 13.8 Å². The molecule has 152 valence electrons. The molecule has 2 heterocycles. The van der Waals surface area contributed by atoms with Gasteiger partial charge in [0.15, 0.2) is 17.5 Å². The van der Waals surface area contributed by atoms with Gasteiger partial charge in [0.1, 0.15) is 12.1 Å². The SMILES string of the molecule is Nc1ncc(-c2cccc(C(F)(F)F)c2)cc1-c1nncn1-c1cccc(F)c1F. The molecule has 0 radical (unpaired) electrons. The number of alkyl halides is 3. The highest BCUT2D eigenvalue weighted by Crippen LogP contribution is 2.34. The standard InChI is InChI=1S/C20H12F5N5/c21-15-5-2-6-16(17(15)22)30-10-28-29-19(30)14-8-12(9-27-18(14)26)11-3-1-4-13(7-11)20(23,24)25/h1-10H,(H2,26,27). The molecule has 10 heteroatoms. The van der Waals surface area contributed by atoms with Gasteiger partial charge in [-0.3, -0.25) is 4.57 Å². The van der Waals surface area contributed by atoms with E-state index in [0.29, 0.717) is 5.56 Å². The molecule has 30 heavy (non-hydrogen) atoms. The average Bonchev–Trinajstić information content (AvgIpc) is 3.19. The van der Waals surface area contributed by atoms with Crippen LogP contribution in [0.1, 0.15) is 5.56 Å². The normalized spacial score (nSPS) is 11.6. The smallest absolute Gasteiger partial charge is 0.383 e. The molecular formula is C20H12F5N5. The number of anilines is 1. The second-order valence-corrected chi connectivity index (χ2v) is 6.33. The number of pyridine rings is 1. The van der Waals surface area contributed by atoms with E-state index in [2.05, 4.69) is 15.2 Å². The highest BCUT2D eigenvalue weighted by atomic mass is 19.4. The van der Waals surface area contributed by atoms with Crippen molar-refractivity contribution in [3.63, 3.8) is 0 Å². The molecule has 0 aliphatic carbocycles. The second kappa shape index (κ2) is 7.21. The van der Waals surface area contributed by atoms with Crippen molar-refractivity contribution in [2.24, 2.45) is 0 Å². The summed E-state index contributed by atoms with van der Waals surface area (Å²) in [6.07, 6.45) is -2.02. The fourth-order valence-corrected chi connectivity index (χ4v) is 2.96. The molecule has 4 aromatic rings. The van der Waals surface area contributed by atoms with Crippen LogP contribution in [0.15, 0.2) is 61.1 Å². The summed E-state index contributed by atoms with van der Waals surface area (Å²) in [5.74, 6) is -2.12. The number of hydrogen-bond acceptors (Lipinski definition) is 4. The first-order chi connectivity index (χ1) is 14.3. The first-order valence-electron chi connectivity index (χ1n) is 8.53. The Kier molecular flexibility index (Phi) is 4.69. The predicted molar refractivity (Wildman–Crippen MR) is 99.4 cm³/mol. The summed E-state index contributed by atoms with van der Waals surface area (Å²) < 4.78 is 68.2. The van der Waals surface area contributed by atoms with Gasteiger partial charge in [0.25, 0.3) is 0 Å². The van der Waals surface area contributed by atoms with Crippen LogP contribution in [0.5, 0.6) is 0 Å². The third-order valence-electron chi connectivity index (χ3n) is 4.42. The zero-order valence-corrected chi connectivity index (χ0v) is 15.0. The summed E-state index contributed by atoms with van der Waals surface area (Å²) in [5, 5.41) is 7.64. The molecule has 0 saturated heterocycles. The van der Waals surface area contributed by atoms with Gasteiger partial charge >= 0.3 is 6.18 Å². The maximum atomic E-state index is 14.3. The van der Waals surface area contributed by atoms with E-state index >= 15 is 0 Å². The molecule has 0 fully saturated rings. The maximum absolute atomic E-state index is 14.3. The van der Waals surface area contributed by atoms with Crippen LogP contribution < -0.4 is 5.73 Å². The number of nitrogens with two attached hydrogens (primary N) is 1. The van der Waals surface area contributed by atoms with Crippen molar-refractivity contribution in [2.75, 3.05) is 5.73 Å². The fraction of sp³-hybridized carbons (Fsp3) is 0.0500. The molecule has 0 unspecified atom stereocenters. The minimum atomic E-state index is -4.50. The first-order valence-corrected chi connectivity index (χ1v) is 8.53. The van der Waals surface area contributed by atoms with Crippen molar-refractivity contribution >= 4 is 5.82 Å². The van der Waals surface area contributed by atoms with Crippen molar-refractivity contribution in [1.82, 2.24) is 19.7 Å². The van der Waals surface area contributed by atoms with Crippen molar-refractivity contribution in [3.05, 3.63) is 78.3 Å². The van der Waals surface area contributed by atoms with E-state index in [1.165, 1.54) is 47.4 Å². The summed E-state index contributed by atoms with van der Waals surface area (Å²) in [5.41, 5.74) is 5.75. The molecule has 0 bridgehead atoms. The van der Waals surface area contributed by atoms with Gasteiger partial charge < -0.3 is 5.73 Å². The van der Waals surface area contributed by atoms with Crippen molar-refractivity contribution in [3.8, 4) is 28.2 Å². The third kappa shape index (κ3) is 3.47. The number of nitrogens with zero attached hydrogens (tertiary/aromatic N) is 4. The molecule has 2 N–H and O–H groups in total. The Bertz CT molecular complexity index is 1230. The van der Waals surface area contributed by atoms with E-state index < -0.39 is 23.4 Å². The van der Waals surface area contributed by atoms with Crippen LogP contribution in [0, 0.1) is 11.6 Å². The molecule has 4 rings (SSSR count). The van der Waals surface area contributed by atoms with Gasteiger partial charge in [0.05, 0.1) is 16.8 Å². The maximum Gasteiger partial charge on any atom is 0.416 e. The topological polar surface area (TPSA) is 69.6 Å². The van der Waals surface area contributed by atoms with E-state index in [1.54, 1.807) is 0 Å². The van der Waals surface area contributed by atoms with E-state index in [1.807, 2.05) is 0 Å². The van der Waals surface area contributed by atoms with Gasteiger partial charge in [-0.2, -0.15) is 13.2 Å². The fourth-order valence-electron chi connectivity index (χ4n) is 2.96. The quantitative estimate of drug-likeness (QED) is 0.483. The lowest BCUT2D eigenvalue weighted by Gasteiger charge is -2.12. The van der Waals surface area contributed by atoms with E-state index in [4.69, 9.17) is 5.73 Å². The Labute approximate surface area is 166 Å². The number of halogens is 5. The minimum absolute atomic E-state index is 0.00297. The molecule has 0 spiro atoms. The van der Waals surface area contributed by atoms with Gasteiger partial charge in [-0.05, 0) is 35.9 Å². The zero-order chi connectivity index (χ0) is 21.5. The van der Waals surface area contributed by atoms with Gasteiger partial charge in [-0.1, -0.05) is 18.2 Å². The van der Waals surface area contributed by atoms with Crippen LogP contribution in [0.2, 0.25) is 0 Å².